The maximum Gasteiger partial charge on any atom is 0.222 e. The van der Waals surface area contributed by atoms with Gasteiger partial charge in [-0.25, -0.2) is 0 Å². The van der Waals surface area contributed by atoms with E-state index in [0.29, 0.717) is 11.6 Å². The molecule has 0 saturated heterocycles. The zero-order valence-corrected chi connectivity index (χ0v) is 7.64. The highest BCUT2D eigenvalue weighted by molar-refractivity contribution is 5.80. The quantitative estimate of drug-likeness (QED) is 0.616. The molecule has 0 amide bonds. The van der Waals surface area contributed by atoms with Gasteiger partial charge in [0.15, 0.2) is 0 Å². The Morgan fingerprint density at radius 1 is 1.13 bits per heavy atom. The highest BCUT2D eigenvalue weighted by Gasteiger charge is 2.06. The van der Waals surface area contributed by atoms with Crippen LogP contribution in [0.15, 0.2) is 28.8 Å². The summed E-state index contributed by atoms with van der Waals surface area (Å²) < 4.78 is 4.80. The van der Waals surface area contributed by atoms with Gasteiger partial charge in [-0.15, -0.1) is 0 Å². The topological polar surface area (TPSA) is 93.6 Å². The molecule has 0 unspecified atom stereocenters. The van der Waals surface area contributed by atoms with Crippen molar-refractivity contribution in [3.05, 3.63) is 24.3 Å². The lowest BCUT2D eigenvalue weighted by molar-refractivity contribution is 0.439. The number of fused-ring (bicyclic) bond motifs is 1. The first kappa shape index (κ1) is 7.98. The molecule has 0 aliphatic carbocycles. The summed E-state index contributed by atoms with van der Waals surface area (Å²) >= 11 is 0. The molecule has 74 valence electrons. The summed E-state index contributed by atoms with van der Waals surface area (Å²) in [6.45, 7) is 0. The van der Waals surface area contributed by atoms with Crippen LogP contribution in [-0.2, 0) is 0 Å². The van der Waals surface area contributed by atoms with E-state index in [4.69, 9.17) is 10.3 Å². The summed E-state index contributed by atoms with van der Waals surface area (Å²) in [5.74, 6) is 0.297. The molecule has 0 aliphatic rings. The predicted octanol–water partition coefficient (Wildman–Crippen LogP) is 1.20. The van der Waals surface area contributed by atoms with Gasteiger partial charge in [0, 0.05) is 11.6 Å². The van der Waals surface area contributed by atoms with E-state index in [1.54, 1.807) is 6.07 Å². The van der Waals surface area contributed by atoms with Crippen molar-refractivity contribution in [3.8, 4) is 11.3 Å². The number of hydrogen-bond donors (Lipinski definition) is 2. The van der Waals surface area contributed by atoms with Crippen molar-refractivity contribution in [2.75, 3.05) is 5.73 Å². The Bertz CT molecular complexity index is 612. The number of nitrogens with two attached hydrogens (primary N) is 1. The second-order valence-electron chi connectivity index (χ2n) is 3.14. The number of H-pyrrole nitrogens is 1. The first-order valence-electron chi connectivity index (χ1n) is 4.36. The first-order valence-corrected chi connectivity index (χ1v) is 4.36. The molecule has 3 N–H and O–H groups in total. The predicted molar refractivity (Wildman–Crippen MR) is 53.8 cm³/mol. The van der Waals surface area contributed by atoms with Crippen LogP contribution in [0.2, 0.25) is 0 Å². The fourth-order valence-electron chi connectivity index (χ4n) is 1.42. The normalized spacial score (nSPS) is 10.9. The van der Waals surface area contributed by atoms with Crippen molar-refractivity contribution < 1.29 is 4.52 Å². The molecule has 0 fully saturated rings. The third-order valence-corrected chi connectivity index (χ3v) is 2.14. The summed E-state index contributed by atoms with van der Waals surface area (Å²) in [6, 6.07) is 7.29. The summed E-state index contributed by atoms with van der Waals surface area (Å²) in [5, 5.41) is 14.3. The van der Waals surface area contributed by atoms with Crippen LogP contribution in [0.3, 0.4) is 0 Å². The van der Waals surface area contributed by atoms with Gasteiger partial charge in [0.2, 0.25) is 5.88 Å². The number of aromatic amines is 1. The number of hydrogen-bond acceptors (Lipinski definition) is 5. The average Bonchev–Trinajstić information content (AvgIpc) is 2.84. The number of nitrogens with zero attached hydrogens (tertiary/aromatic N) is 3. The maximum atomic E-state index is 5.45. The van der Waals surface area contributed by atoms with Gasteiger partial charge in [-0.1, -0.05) is 11.2 Å². The molecule has 15 heavy (non-hydrogen) atoms. The van der Waals surface area contributed by atoms with E-state index in [0.717, 1.165) is 16.6 Å². The van der Waals surface area contributed by atoms with Gasteiger partial charge in [-0.05, 0) is 12.1 Å². The van der Waals surface area contributed by atoms with Crippen LogP contribution < -0.4 is 5.73 Å². The second kappa shape index (κ2) is 2.81. The van der Waals surface area contributed by atoms with Crippen LogP contribution in [0.5, 0.6) is 0 Å². The van der Waals surface area contributed by atoms with Crippen LogP contribution in [0.1, 0.15) is 0 Å². The van der Waals surface area contributed by atoms with Gasteiger partial charge in [-0.3, -0.25) is 0 Å². The summed E-state index contributed by atoms with van der Waals surface area (Å²) in [7, 11) is 0. The Labute approximate surface area is 84.1 Å². The number of aromatic nitrogens is 4. The van der Waals surface area contributed by atoms with Crippen molar-refractivity contribution in [3.63, 3.8) is 0 Å². The first-order chi connectivity index (χ1) is 7.33. The standard InChI is InChI=1S/C9H7N5O/c10-9-4-7(13-15-9)5-1-2-6-8(3-5)12-14-11-6/h1-4H,10H2,(H,11,12,14). The lowest BCUT2D eigenvalue weighted by Gasteiger charge is -1.92. The average molecular weight is 201 g/mol. The SMILES string of the molecule is Nc1cc(-c2ccc3n[nH]nc3c2)no1. The molecule has 0 spiro atoms. The Kier molecular flexibility index (Phi) is 1.49. The molecule has 3 aromatic rings. The Hall–Kier alpha value is -2.37. The van der Waals surface area contributed by atoms with E-state index in [2.05, 4.69) is 20.6 Å². The van der Waals surface area contributed by atoms with Crippen LogP contribution >= 0.6 is 0 Å². The number of nitrogens with one attached hydrogen (secondary N) is 1. The molecule has 0 bridgehead atoms. The molecule has 1 aromatic carbocycles. The molecule has 0 atom stereocenters. The Morgan fingerprint density at radius 3 is 2.80 bits per heavy atom. The van der Waals surface area contributed by atoms with Crippen LogP contribution in [-0.4, -0.2) is 20.6 Å². The van der Waals surface area contributed by atoms with E-state index in [1.165, 1.54) is 0 Å². The second-order valence-corrected chi connectivity index (χ2v) is 3.14. The highest BCUT2D eigenvalue weighted by Crippen LogP contribution is 2.22. The van der Waals surface area contributed by atoms with Gasteiger partial charge < -0.3 is 10.3 Å². The monoisotopic (exact) mass is 201 g/mol. The van der Waals surface area contributed by atoms with E-state index in [1.807, 2.05) is 18.2 Å². The molecule has 0 saturated carbocycles. The summed E-state index contributed by atoms with van der Waals surface area (Å²) in [6.07, 6.45) is 0. The minimum atomic E-state index is 0.297. The van der Waals surface area contributed by atoms with E-state index >= 15 is 0 Å². The van der Waals surface area contributed by atoms with Gasteiger partial charge in [0.1, 0.15) is 16.7 Å². The lowest BCUT2D eigenvalue weighted by Crippen LogP contribution is -1.78. The fourth-order valence-corrected chi connectivity index (χ4v) is 1.42. The van der Waals surface area contributed by atoms with Crippen LogP contribution in [0.25, 0.3) is 22.3 Å². The smallest absolute Gasteiger partial charge is 0.222 e. The molecule has 0 aliphatic heterocycles. The number of rotatable bonds is 1. The molecule has 2 heterocycles. The number of benzene rings is 1. The van der Waals surface area contributed by atoms with Gasteiger partial charge >= 0.3 is 0 Å². The highest BCUT2D eigenvalue weighted by atomic mass is 16.5. The molecular formula is C9H7N5O. The minimum absolute atomic E-state index is 0.297. The molecule has 3 rings (SSSR count). The number of nitrogen functional groups attached to an aromatic ring is 1. The van der Waals surface area contributed by atoms with Crippen molar-refractivity contribution in [2.24, 2.45) is 0 Å². The number of anilines is 1. The van der Waals surface area contributed by atoms with Crippen LogP contribution in [0.4, 0.5) is 5.88 Å². The molecule has 6 nitrogen and oxygen atoms in total. The zero-order valence-electron chi connectivity index (χ0n) is 7.64. The van der Waals surface area contributed by atoms with Crippen molar-refractivity contribution in [2.45, 2.75) is 0 Å². The zero-order chi connectivity index (χ0) is 10.3. The lowest BCUT2D eigenvalue weighted by atomic mass is 10.1. The summed E-state index contributed by atoms with van der Waals surface area (Å²) in [5.41, 5.74) is 8.64. The van der Waals surface area contributed by atoms with E-state index in [9.17, 15) is 0 Å². The third kappa shape index (κ3) is 1.23. The summed E-state index contributed by atoms with van der Waals surface area (Å²) in [4.78, 5) is 0. The van der Waals surface area contributed by atoms with Gasteiger partial charge in [0.25, 0.3) is 0 Å². The molecule has 2 aromatic heterocycles. The Balaban J connectivity index is 2.18. The Morgan fingerprint density at radius 2 is 2.00 bits per heavy atom. The fraction of sp³-hybridized carbons (Fsp3) is 0. The third-order valence-electron chi connectivity index (χ3n) is 2.14. The molecular weight excluding hydrogens is 194 g/mol. The van der Waals surface area contributed by atoms with Crippen molar-refractivity contribution in [1.29, 1.82) is 0 Å². The largest absolute Gasteiger partial charge is 0.368 e. The van der Waals surface area contributed by atoms with Crippen molar-refractivity contribution >= 4 is 16.9 Å². The van der Waals surface area contributed by atoms with E-state index in [-0.39, 0.29) is 0 Å². The molecule has 6 heteroatoms. The van der Waals surface area contributed by atoms with Gasteiger partial charge in [-0.2, -0.15) is 15.4 Å². The minimum Gasteiger partial charge on any atom is -0.368 e. The van der Waals surface area contributed by atoms with Crippen LogP contribution in [0, 0.1) is 0 Å². The van der Waals surface area contributed by atoms with Crippen molar-refractivity contribution in [1.82, 2.24) is 20.6 Å². The van der Waals surface area contributed by atoms with E-state index < -0.39 is 0 Å². The maximum absolute atomic E-state index is 5.45. The van der Waals surface area contributed by atoms with Gasteiger partial charge in [0.05, 0.1) is 0 Å². The molecule has 0 radical (unpaired) electrons.